The van der Waals surface area contributed by atoms with Gasteiger partial charge in [0, 0.05) is 52.5 Å². The first-order valence-corrected chi connectivity index (χ1v) is 11.2. The summed E-state index contributed by atoms with van der Waals surface area (Å²) in [5.74, 6) is -0.616. The summed E-state index contributed by atoms with van der Waals surface area (Å²) in [5.41, 5.74) is 2.71. The minimum atomic E-state index is -0.618. The first-order valence-electron chi connectivity index (χ1n) is 11.2. The normalized spacial score (nSPS) is 11.7. The van der Waals surface area contributed by atoms with Crippen molar-refractivity contribution in [1.82, 2.24) is 15.0 Å². The summed E-state index contributed by atoms with van der Waals surface area (Å²) in [7, 11) is 0. The summed E-state index contributed by atoms with van der Waals surface area (Å²) in [6.07, 6.45) is 4.04. The molecule has 35 heavy (non-hydrogen) atoms. The monoisotopic (exact) mass is 471 g/mol. The third-order valence-electron chi connectivity index (χ3n) is 6.31. The fourth-order valence-electron chi connectivity index (χ4n) is 4.27. The van der Waals surface area contributed by atoms with Gasteiger partial charge in [0.05, 0.1) is 5.56 Å². The molecule has 0 radical (unpaired) electrons. The van der Waals surface area contributed by atoms with E-state index in [4.69, 9.17) is 4.74 Å². The van der Waals surface area contributed by atoms with Gasteiger partial charge in [-0.25, -0.2) is 13.8 Å². The molecule has 0 aliphatic carbocycles. The molecular formula is C28H23F2N3O2. The van der Waals surface area contributed by atoms with E-state index in [0.29, 0.717) is 28.6 Å². The van der Waals surface area contributed by atoms with Crippen molar-refractivity contribution in [3.05, 3.63) is 102 Å². The lowest BCUT2D eigenvalue weighted by atomic mass is 9.82. The van der Waals surface area contributed by atoms with Gasteiger partial charge in [-0.1, -0.05) is 44.2 Å². The Morgan fingerprint density at radius 2 is 1.83 bits per heavy atom. The molecule has 5 nitrogen and oxygen atoms in total. The van der Waals surface area contributed by atoms with Gasteiger partial charge < -0.3 is 19.5 Å². The van der Waals surface area contributed by atoms with Crippen molar-refractivity contribution in [3.63, 3.8) is 0 Å². The summed E-state index contributed by atoms with van der Waals surface area (Å²) in [6.45, 7) is 4.12. The molecule has 0 aliphatic rings. The Morgan fingerprint density at radius 1 is 1.03 bits per heavy atom. The van der Waals surface area contributed by atoms with E-state index in [1.165, 1.54) is 24.3 Å². The maximum Gasteiger partial charge on any atom is 0.168 e. The summed E-state index contributed by atoms with van der Waals surface area (Å²) < 4.78 is 35.6. The van der Waals surface area contributed by atoms with E-state index >= 15 is 0 Å². The zero-order valence-electron chi connectivity index (χ0n) is 19.2. The lowest BCUT2D eigenvalue weighted by Gasteiger charge is -2.23. The Labute approximate surface area is 200 Å². The van der Waals surface area contributed by atoms with E-state index in [-0.39, 0.29) is 28.9 Å². The number of rotatable bonds is 7. The first kappa shape index (κ1) is 22.5. The zero-order valence-corrected chi connectivity index (χ0v) is 19.2. The van der Waals surface area contributed by atoms with Crippen LogP contribution in [0.4, 0.5) is 8.78 Å². The zero-order chi connectivity index (χ0) is 24.6. The van der Waals surface area contributed by atoms with Crippen molar-refractivity contribution in [2.24, 2.45) is 0 Å². The number of ether oxygens (including phenoxy) is 1. The van der Waals surface area contributed by atoms with Crippen molar-refractivity contribution in [2.45, 2.75) is 25.7 Å². The maximum atomic E-state index is 14.9. The molecule has 0 spiro atoms. The highest BCUT2D eigenvalue weighted by Crippen LogP contribution is 2.37. The quantitative estimate of drug-likeness (QED) is 0.260. The number of hydrogen-bond acceptors (Lipinski definition) is 3. The molecule has 2 heterocycles. The van der Waals surface area contributed by atoms with E-state index in [9.17, 15) is 13.6 Å². The van der Waals surface area contributed by atoms with Gasteiger partial charge >= 0.3 is 0 Å². The molecule has 2 N–H and O–H groups in total. The van der Waals surface area contributed by atoms with Crippen LogP contribution in [0.1, 0.15) is 30.7 Å². The fourth-order valence-corrected chi connectivity index (χ4v) is 4.27. The number of H-pyrrole nitrogens is 2. The number of imidazole rings is 1. The van der Waals surface area contributed by atoms with E-state index in [1.54, 1.807) is 18.5 Å². The molecule has 5 aromatic rings. The van der Waals surface area contributed by atoms with Gasteiger partial charge in [-0.3, -0.25) is 0 Å². The molecule has 0 fully saturated rings. The van der Waals surface area contributed by atoms with Gasteiger partial charge in [0.25, 0.3) is 0 Å². The van der Waals surface area contributed by atoms with Crippen LogP contribution < -0.4 is 4.74 Å². The smallest absolute Gasteiger partial charge is 0.168 e. The number of benzene rings is 3. The number of halogens is 2. The molecule has 0 bridgehead atoms. The van der Waals surface area contributed by atoms with Gasteiger partial charge in [0.2, 0.25) is 0 Å². The molecule has 5 rings (SSSR count). The molecular weight excluding hydrogens is 448 g/mol. The molecule has 0 amide bonds. The minimum absolute atomic E-state index is 0.0222. The van der Waals surface area contributed by atoms with Crippen LogP contribution in [0, 0.1) is 11.6 Å². The number of aldehydes is 1. The maximum absolute atomic E-state index is 14.9. The second-order valence-corrected chi connectivity index (χ2v) is 8.86. The van der Waals surface area contributed by atoms with Crippen LogP contribution in [-0.4, -0.2) is 21.2 Å². The highest BCUT2D eigenvalue weighted by atomic mass is 19.1. The number of nitrogens with one attached hydrogen (secondary N) is 2. The summed E-state index contributed by atoms with van der Waals surface area (Å²) in [4.78, 5) is 21.9. The van der Waals surface area contributed by atoms with Crippen LogP contribution >= 0.6 is 0 Å². The van der Waals surface area contributed by atoms with Crippen LogP contribution in [-0.2, 0) is 16.6 Å². The summed E-state index contributed by atoms with van der Waals surface area (Å²) in [5, 5.41) is 0.689. The predicted octanol–water partition coefficient (Wildman–Crippen LogP) is 6.70. The number of hydrogen-bond donors (Lipinski definition) is 2. The molecule has 0 saturated heterocycles. The number of aromatic nitrogens is 3. The summed E-state index contributed by atoms with van der Waals surface area (Å²) >= 11 is 0. The molecule has 0 atom stereocenters. The number of aromatic amines is 2. The number of nitrogens with zero attached hydrogens (tertiary/aromatic N) is 1. The van der Waals surface area contributed by atoms with Crippen LogP contribution in [0.15, 0.2) is 73.1 Å². The van der Waals surface area contributed by atoms with Crippen molar-refractivity contribution in [3.8, 4) is 22.9 Å². The molecule has 7 heteroatoms. The van der Waals surface area contributed by atoms with Gasteiger partial charge in [-0.05, 0) is 29.8 Å². The van der Waals surface area contributed by atoms with Crippen molar-refractivity contribution in [1.29, 1.82) is 0 Å². The van der Waals surface area contributed by atoms with Crippen LogP contribution in [0.2, 0.25) is 0 Å². The first-order chi connectivity index (χ1) is 16.9. The highest BCUT2D eigenvalue weighted by molar-refractivity contribution is 5.87. The molecule has 0 aliphatic heterocycles. The Hall–Kier alpha value is -4.26. The van der Waals surface area contributed by atoms with Crippen LogP contribution in [0.5, 0.6) is 11.5 Å². The highest BCUT2D eigenvalue weighted by Gasteiger charge is 2.26. The van der Waals surface area contributed by atoms with Crippen molar-refractivity contribution in [2.75, 3.05) is 0 Å². The molecule has 0 unspecified atom stereocenters. The van der Waals surface area contributed by atoms with Crippen LogP contribution in [0.25, 0.3) is 22.3 Å². The second-order valence-electron chi connectivity index (χ2n) is 8.86. The van der Waals surface area contributed by atoms with Crippen molar-refractivity contribution >= 4 is 17.2 Å². The second kappa shape index (κ2) is 8.83. The summed E-state index contributed by atoms with van der Waals surface area (Å²) in [6, 6.07) is 17.2. The number of carbonyl (C=O) groups is 1. The Morgan fingerprint density at radius 3 is 2.60 bits per heavy atom. The van der Waals surface area contributed by atoms with Gasteiger partial charge in [-0.2, -0.15) is 0 Å². The van der Waals surface area contributed by atoms with Gasteiger partial charge in [0.15, 0.2) is 11.6 Å². The SMILES string of the molecule is CC(C)(c1ccccc1)c1cnc(-c2cc(Oc3c(F)cc4[nH]ccc4c3CC=O)ccc2F)[nH]1. The van der Waals surface area contributed by atoms with E-state index in [2.05, 4.69) is 28.8 Å². The van der Waals surface area contributed by atoms with E-state index < -0.39 is 11.6 Å². The largest absolute Gasteiger partial charge is 0.454 e. The molecule has 2 aromatic heterocycles. The lowest BCUT2D eigenvalue weighted by Crippen LogP contribution is -2.19. The average Bonchev–Trinajstić information content (AvgIpc) is 3.53. The third-order valence-corrected chi connectivity index (χ3v) is 6.31. The Kier molecular flexibility index (Phi) is 5.68. The van der Waals surface area contributed by atoms with E-state index in [0.717, 1.165) is 11.3 Å². The number of carbonyl (C=O) groups excluding carboxylic acids is 1. The van der Waals surface area contributed by atoms with Gasteiger partial charge in [-0.15, -0.1) is 0 Å². The van der Waals surface area contributed by atoms with E-state index in [1.807, 2.05) is 30.3 Å². The molecule has 176 valence electrons. The predicted molar refractivity (Wildman–Crippen MR) is 131 cm³/mol. The number of fused-ring (bicyclic) bond motifs is 1. The third kappa shape index (κ3) is 4.10. The van der Waals surface area contributed by atoms with Crippen molar-refractivity contribution < 1.29 is 18.3 Å². The van der Waals surface area contributed by atoms with Gasteiger partial charge in [0.1, 0.15) is 23.7 Å². The standard InChI is InChI=1S/C28H23F2N3O2/c1-28(2,17-6-4-3-5-7-17)25-16-32-27(33-25)21-14-18(8-9-22(21)29)35-26-20(11-13-34)19-10-12-31-24(19)15-23(26)30/h3-10,12-16,31H,11H2,1-2H3,(H,32,33). The Bertz CT molecular complexity index is 1520. The topological polar surface area (TPSA) is 70.8 Å². The lowest BCUT2D eigenvalue weighted by molar-refractivity contribution is -0.107. The molecule has 3 aromatic carbocycles. The Balaban J connectivity index is 1.51. The minimum Gasteiger partial charge on any atom is -0.454 e. The van der Waals surface area contributed by atoms with Crippen LogP contribution in [0.3, 0.4) is 0 Å². The average molecular weight is 472 g/mol. The molecule has 0 saturated carbocycles. The fraction of sp³-hybridized carbons (Fsp3) is 0.143.